The zero-order valence-electron chi connectivity index (χ0n) is 14.7. The van der Waals surface area contributed by atoms with E-state index in [4.69, 9.17) is 0 Å². The quantitative estimate of drug-likeness (QED) is 0.705. The van der Waals surface area contributed by atoms with Crippen LogP contribution in [-0.2, 0) is 6.54 Å². The molecule has 0 aliphatic rings. The van der Waals surface area contributed by atoms with E-state index in [9.17, 15) is 14.7 Å². The van der Waals surface area contributed by atoms with Gasteiger partial charge >= 0.3 is 0 Å². The number of para-hydroxylation sites is 1. The number of carbonyl (C=O) groups excluding carboxylic acids is 1. The number of rotatable bonds is 4. The molecule has 0 saturated carbocycles. The van der Waals surface area contributed by atoms with Gasteiger partial charge in [-0.25, -0.2) is 0 Å². The Morgan fingerprint density at radius 2 is 1.92 bits per heavy atom. The minimum atomic E-state index is -0.640. The molecule has 0 unspecified atom stereocenters. The van der Waals surface area contributed by atoms with E-state index in [-0.39, 0.29) is 17.9 Å². The van der Waals surface area contributed by atoms with E-state index < -0.39 is 11.5 Å². The van der Waals surface area contributed by atoms with Crippen LogP contribution in [0.2, 0.25) is 0 Å². The lowest BCUT2D eigenvalue weighted by Crippen LogP contribution is -2.29. The second-order valence-electron chi connectivity index (χ2n) is 6.20. The van der Waals surface area contributed by atoms with Crippen molar-refractivity contribution in [1.82, 2.24) is 4.57 Å². The summed E-state index contributed by atoms with van der Waals surface area (Å²) in [6.07, 6.45) is 1.58. The second kappa shape index (κ2) is 6.88. The zero-order valence-corrected chi connectivity index (χ0v) is 14.7. The van der Waals surface area contributed by atoms with E-state index in [0.29, 0.717) is 16.6 Å². The van der Waals surface area contributed by atoms with Gasteiger partial charge in [0.2, 0.25) is 0 Å². The Morgan fingerprint density at radius 3 is 2.62 bits per heavy atom. The molecule has 2 aromatic carbocycles. The first-order valence-corrected chi connectivity index (χ1v) is 8.28. The molecule has 0 bridgehead atoms. The number of amides is 1. The summed E-state index contributed by atoms with van der Waals surface area (Å²) in [5.41, 5.74) is 2.42. The summed E-state index contributed by atoms with van der Waals surface area (Å²) in [7, 11) is 0. The molecule has 1 amide bonds. The largest absolute Gasteiger partial charge is 0.506 e. The van der Waals surface area contributed by atoms with Gasteiger partial charge in [-0.1, -0.05) is 24.3 Å². The predicted octanol–water partition coefficient (Wildman–Crippen LogP) is 3.76. The third-order valence-corrected chi connectivity index (χ3v) is 4.45. The van der Waals surface area contributed by atoms with Gasteiger partial charge in [0.15, 0.2) is 0 Å². The molecule has 2 N–H and O–H groups in total. The molecule has 0 radical (unpaired) electrons. The Hall–Kier alpha value is -3.34. The van der Waals surface area contributed by atoms with Crippen LogP contribution in [0.5, 0.6) is 5.75 Å². The number of fused-ring (bicyclic) bond motifs is 1. The topological polar surface area (TPSA) is 71.3 Å². The first-order chi connectivity index (χ1) is 12.4. The maximum atomic E-state index is 12.8. The normalized spacial score (nSPS) is 10.7. The Morgan fingerprint density at radius 1 is 1.19 bits per heavy atom. The lowest BCUT2D eigenvalue weighted by atomic mass is 10.1. The SMILES string of the molecule is C=CCn1c(=O)c(C(=O)Nc2ccc(C)c(C)c2)c(O)c2ccccc21. The van der Waals surface area contributed by atoms with Crippen LogP contribution in [0.4, 0.5) is 5.69 Å². The van der Waals surface area contributed by atoms with Gasteiger partial charge < -0.3 is 15.0 Å². The first-order valence-electron chi connectivity index (χ1n) is 8.28. The Labute approximate surface area is 151 Å². The number of carbonyl (C=O) groups is 1. The average molecular weight is 348 g/mol. The molecule has 26 heavy (non-hydrogen) atoms. The zero-order chi connectivity index (χ0) is 18.8. The molecule has 1 aromatic heterocycles. The van der Waals surface area contributed by atoms with Crippen molar-refractivity contribution in [3.05, 3.63) is 82.2 Å². The summed E-state index contributed by atoms with van der Waals surface area (Å²) in [5.74, 6) is -0.952. The highest BCUT2D eigenvalue weighted by molar-refractivity contribution is 6.09. The lowest BCUT2D eigenvalue weighted by molar-refractivity contribution is 0.102. The third kappa shape index (κ3) is 2.99. The van der Waals surface area contributed by atoms with Crippen molar-refractivity contribution in [2.75, 3.05) is 5.32 Å². The molecular formula is C21H20N2O3. The Kier molecular flexibility index (Phi) is 4.63. The molecule has 132 valence electrons. The monoisotopic (exact) mass is 348 g/mol. The summed E-state index contributed by atoms with van der Waals surface area (Å²) < 4.78 is 1.43. The first kappa shape index (κ1) is 17.5. The van der Waals surface area contributed by atoms with Crippen LogP contribution in [0.3, 0.4) is 0 Å². The molecule has 0 atom stereocenters. The molecule has 0 fully saturated rings. The van der Waals surface area contributed by atoms with Gasteiger partial charge in [-0.15, -0.1) is 6.58 Å². The van der Waals surface area contributed by atoms with E-state index in [2.05, 4.69) is 11.9 Å². The number of pyridine rings is 1. The molecule has 5 heteroatoms. The number of aryl methyl sites for hydroxylation is 2. The molecular weight excluding hydrogens is 328 g/mol. The van der Waals surface area contributed by atoms with Crippen molar-refractivity contribution in [2.24, 2.45) is 0 Å². The number of hydrogen-bond donors (Lipinski definition) is 2. The summed E-state index contributed by atoms with van der Waals surface area (Å²) in [6, 6.07) is 12.4. The van der Waals surface area contributed by atoms with E-state index in [0.717, 1.165) is 11.1 Å². The van der Waals surface area contributed by atoms with Crippen molar-refractivity contribution in [3.63, 3.8) is 0 Å². The summed E-state index contributed by atoms with van der Waals surface area (Å²) in [6.45, 7) is 7.82. The molecule has 5 nitrogen and oxygen atoms in total. The van der Waals surface area contributed by atoms with Crippen LogP contribution in [-0.4, -0.2) is 15.6 Å². The van der Waals surface area contributed by atoms with Crippen LogP contribution >= 0.6 is 0 Å². The second-order valence-corrected chi connectivity index (χ2v) is 6.20. The number of anilines is 1. The average Bonchev–Trinajstić information content (AvgIpc) is 2.62. The Bertz CT molecular complexity index is 1080. The van der Waals surface area contributed by atoms with Gasteiger partial charge in [-0.2, -0.15) is 0 Å². The fourth-order valence-electron chi connectivity index (χ4n) is 2.92. The van der Waals surface area contributed by atoms with Gasteiger partial charge in [0, 0.05) is 17.6 Å². The number of nitrogens with one attached hydrogen (secondary N) is 1. The highest BCUT2D eigenvalue weighted by Gasteiger charge is 2.22. The fourth-order valence-corrected chi connectivity index (χ4v) is 2.92. The van der Waals surface area contributed by atoms with Crippen LogP contribution in [0.15, 0.2) is 59.9 Å². The van der Waals surface area contributed by atoms with Gasteiger partial charge in [0.05, 0.1) is 5.52 Å². The number of nitrogens with zero attached hydrogens (tertiary/aromatic N) is 1. The minimum Gasteiger partial charge on any atom is -0.506 e. The maximum Gasteiger partial charge on any atom is 0.268 e. The van der Waals surface area contributed by atoms with Gasteiger partial charge in [-0.05, 0) is 49.2 Å². The van der Waals surface area contributed by atoms with Crippen LogP contribution in [0.25, 0.3) is 10.9 Å². The summed E-state index contributed by atoms with van der Waals surface area (Å²) in [5, 5.41) is 13.7. The standard InChI is InChI=1S/C21H20N2O3/c1-4-11-23-17-8-6-5-7-16(17)19(24)18(21(23)26)20(25)22-15-10-9-13(2)14(3)12-15/h4-10,12,24H,1,11H2,2-3H3,(H,22,25). The molecule has 1 heterocycles. The molecule has 0 saturated heterocycles. The highest BCUT2D eigenvalue weighted by Crippen LogP contribution is 2.27. The van der Waals surface area contributed by atoms with Crippen molar-refractivity contribution in [2.45, 2.75) is 20.4 Å². The number of hydrogen-bond acceptors (Lipinski definition) is 3. The van der Waals surface area contributed by atoms with E-state index >= 15 is 0 Å². The summed E-state index contributed by atoms with van der Waals surface area (Å²) >= 11 is 0. The number of aromatic nitrogens is 1. The molecule has 0 aliphatic heterocycles. The Balaban J connectivity index is 2.14. The van der Waals surface area contributed by atoms with Gasteiger partial charge in [0.25, 0.3) is 11.5 Å². The minimum absolute atomic E-state index is 0.240. The number of allylic oxidation sites excluding steroid dienone is 1. The smallest absolute Gasteiger partial charge is 0.268 e. The molecule has 3 aromatic rings. The van der Waals surface area contributed by atoms with Crippen LogP contribution in [0, 0.1) is 13.8 Å². The predicted molar refractivity (Wildman–Crippen MR) is 104 cm³/mol. The van der Waals surface area contributed by atoms with Gasteiger partial charge in [-0.3, -0.25) is 9.59 Å². The van der Waals surface area contributed by atoms with E-state index in [1.54, 1.807) is 36.4 Å². The van der Waals surface area contributed by atoms with Crippen LogP contribution < -0.4 is 10.9 Å². The van der Waals surface area contributed by atoms with Crippen molar-refractivity contribution in [1.29, 1.82) is 0 Å². The van der Waals surface area contributed by atoms with Crippen molar-refractivity contribution < 1.29 is 9.90 Å². The maximum absolute atomic E-state index is 12.8. The van der Waals surface area contributed by atoms with Crippen LogP contribution in [0.1, 0.15) is 21.5 Å². The van der Waals surface area contributed by atoms with Crippen molar-refractivity contribution in [3.8, 4) is 5.75 Å². The number of benzene rings is 2. The highest BCUT2D eigenvalue weighted by atomic mass is 16.3. The molecule has 0 spiro atoms. The fraction of sp³-hybridized carbons (Fsp3) is 0.143. The third-order valence-electron chi connectivity index (χ3n) is 4.45. The molecule has 0 aliphatic carbocycles. The molecule has 3 rings (SSSR count). The summed E-state index contributed by atoms with van der Waals surface area (Å²) in [4.78, 5) is 25.6. The number of aromatic hydroxyl groups is 1. The van der Waals surface area contributed by atoms with E-state index in [1.807, 2.05) is 26.0 Å². The van der Waals surface area contributed by atoms with Crippen molar-refractivity contribution >= 4 is 22.5 Å². The lowest BCUT2D eigenvalue weighted by Gasteiger charge is -2.14. The van der Waals surface area contributed by atoms with E-state index in [1.165, 1.54) is 4.57 Å². The van der Waals surface area contributed by atoms with Gasteiger partial charge in [0.1, 0.15) is 11.3 Å².